The lowest BCUT2D eigenvalue weighted by atomic mass is 9.86. The fourth-order valence-corrected chi connectivity index (χ4v) is 3.19. The highest BCUT2D eigenvalue weighted by molar-refractivity contribution is 5.98. The summed E-state index contributed by atoms with van der Waals surface area (Å²) >= 11 is 0. The molecule has 1 unspecified atom stereocenters. The zero-order chi connectivity index (χ0) is 18.6. The van der Waals surface area contributed by atoms with Crippen LogP contribution in [0.25, 0.3) is 10.8 Å². The van der Waals surface area contributed by atoms with E-state index in [0.717, 1.165) is 16.3 Å². The average molecular weight is 347 g/mol. The molecule has 3 aromatic rings. The molecule has 0 radical (unpaired) electrons. The van der Waals surface area contributed by atoms with Gasteiger partial charge in [-0.15, -0.1) is 0 Å². The van der Waals surface area contributed by atoms with Gasteiger partial charge in [-0.25, -0.2) is 4.79 Å². The van der Waals surface area contributed by atoms with Crippen LogP contribution in [0, 0.1) is 0 Å². The molecular weight excluding hydrogens is 326 g/mol. The van der Waals surface area contributed by atoms with Crippen LogP contribution in [0.2, 0.25) is 0 Å². The lowest BCUT2D eigenvalue weighted by molar-refractivity contribution is -0.144. The molecule has 0 aliphatic rings. The van der Waals surface area contributed by atoms with Gasteiger partial charge in [-0.05, 0) is 34.9 Å². The number of carbonyl (C=O) groups excluding carboxylic acids is 1. The first-order valence-corrected chi connectivity index (χ1v) is 8.63. The van der Waals surface area contributed by atoms with E-state index in [0.29, 0.717) is 5.56 Å². The van der Waals surface area contributed by atoms with E-state index in [4.69, 9.17) is 0 Å². The number of amides is 1. The third-order valence-corrected chi connectivity index (χ3v) is 4.77. The standard InChI is InChI=1S/C22H21NO3/c1-2-22(21(25)26,23-20(24)17-10-4-3-5-11-17)15-18-13-8-12-16-9-6-7-14-19(16)18/h3-14H,2,15H2,1H3,(H,23,24)(H,25,26). The van der Waals surface area contributed by atoms with Crippen LogP contribution in [0.15, 0.2) is 72.8 Å². The quantitative estimate of drug-likeness (QED) is 0.707. The van der Waals surface area contributed by atoms with Crippen LogP contribution in [0.1, 0.15) is 29.3 Å². The summed E-state index contributed by atoms with van der Waals surface area (Å²) < 4.78 is 0. The van der Waals surface area contributed by atoms with Crippen molar-refractivity contribution in [1.82, 2.24) is 5.32 Å². The summed E-state index contributed by atoms with van der Waals surface area (Å²) in [5, 5.41) is 14.8. The maximum absolute atomic E-state index is 12.6. The second-order valence-corrected chi connectivity index (χ2v) is 6.38. The summed E-state index contributed by atoms with van der Waals surface area (Å²) in [5.41, 5.74) is -0.0120. The highest BCUT2D eigenvalue weighted by Gasteiger charge is 2.39. The highest BCUT2D eigenvalue weighted by atomic mass is 16.4. The SMILES string of the molecule is CCC(Cc1cccc2ccccc12)(NC(=O)c1ccccc1)C(=O)O. The zero-order valence-corrected chi connectivity index (χ0v) is 14.6. The Kier molecular flexibility index (Phi) is 5.03. The second kappa shape index (κ2) is 7.40. The topological polar surface area (TPSA) is 66.4 Å². The molecule has 2 N–H and O–H groups in total. The van der Waals surface area contributed by atoms with Gasteiger partial charge >= 0.3 is 5.97 Å². The van der Waals surface area contributed by atoms with E-state index < -0.39 is 11.5 Å². The first kappa shape index (κ1) is 17.7. The zero-order valence-electron chi connectivity index (χ0n) is 14.6. The Morgan fingerprint density at radius 3 is 2.27 bits per heavy atom. The van der Waals surface area contributed by atoms with Gasteiger partial charge in [0.2, 0.25) is 0 Å². The van der Waals surface area contributed by atoms with Crippen LogP contribution in [0.5, 0.6) is 0 Å². The number of aliphatic carboxylic acids is 1. The van der Waals surface area contributed by atoms with Crippen molar-refractivity contribution < 1.29 is 14.7 Å². The number of fused-ring (bicyclic) bond motifs is 1. The van der Waals surface area contributed by atoms with Crippen molar-refractivity contribution in [2.45, 2.75) is 25.3 Å². The minimum atomic E-state index is -1.36. The molecule has 0 aliphatic carbocycles. The summed E-state index contributed by atoms with van der Waals surface area (Å²) in [6, 6.07) is 22.4. The molecule has 132 valence electrons. The Morgan fingerprint density at radius 2 is 1.58 bits per heavy atom. The Hall–Kier alpha value is -3.14. The fourth-order valence-electron chi connectivity index (χ4n) is 3.19. The molecule has 0 fully saturated rings. The van der Waals surface area contributed by atoms with Gasteiger partial charge in [-0.1, -0.05) is 67.6 Å². The number of carboxylic acids is 1. The summed E-state index contributed by atoms with van der Waals surface area (Å²) in [7, 11) is 0. The van der Waals surface area contributed by atoms with E-state index in [1.807, 2.05) is 48.5 Å². The maximum atomic E-state index is 12.6. The molecule has 0 heterocycles. The summed E-state index contributed by atoms with van der Waals surface area (Å²) in [6.07, 6.45) is 0.503. The monoisotopic (exact) mass is 347 g/mol. The van der Waals surface area contributed by atoms with Crippen LogP contribution < -0.4 is 5.32 Å². The van der Waals surface area contributed by atoms with E-state index >= 15 is 0 Å². The number of nitrogens with one attached hydrogen (secondary N) is 1. The summed E-state index contributed by atoms with van der Waals surface area (Å²) in [6.45, 7) is 1.78. The van der Waals surface area contributed by atoms with Crippen molar-refractivity contribution in [2.75, 3.05) is 0 Å². The van der Waals surface area contributed by atoms with Crippen LogP contribution >= 0.6 is 0 Å². The molecule has 4 nitrogen and oxygen atoms in total. The first-order valence-electron chi connectivity index (χ1n) is 8.63. The van der Waals surface area contributed by atoms with Gasteiger partial charge in [-0.2, -0.15) is 0 Å². The Morgan fingerprint density at radius 1 is 0.923 bits per heavy atom. The van der Waals surface area contributed by atoms with E-state index in [1.165, 1.54) is 0 Å². The lowest BCUT2D eigenvalue weighted by Crippen LogP contribution is -2.55. The largest absolute Gasteiger partial charge is 0.479 e. The summed E-state index contributed by atoms with van der Waals surface area (Å²) in [4.78, 5) is 24.7. The Balaban J connectivity index is 1.97. The van der Waals surface area contributed by atoms with Crippen molar-refractivity contribution in [3.05, 3.63) is 83.9 Å². The minimum Gasteiger partial charge on any atom is -0.479 e. The second-order valence-electron chi connectivity index (χ2n) is 6.38. The van der Waals surface area contributed by atoms with Gasteiger partial charge in [0.1, 0.15) is 5.54 Å². The molecule has 0 saturated carbocycles. The molecular formula is C22H21NO3. The molecule has 0 spiro atoms. The van der Waals surface area contributed by atoms with Crippen LogP contribution in [-0.2, 0) is 11.2 Å². The molecule has 0 aromatic heterocycles. The van der Waals surface area contributed by atoms with Crippen molar-refractivity contribution in [1.29, 1.82) is 0 Å². The van der Waals surface area contributed by atoms with Gasteiger partial charge in [-0.3, -0.25) is 4.79 Å². The smallest absolute Gasteiger partial charge is 0.329 e. The van der Waals surface area contributed by atoms with Gasteiger partial charge in [0.15, 0.2) is 0 Å². The van der Waals surface area contributed by atoms with Crippen molar-refractivity contribution in [3.8, 4) is 0 Å². The van der Waals surface area contributed by atoms with E-state index in [1.54, 1.807) is 31.2 Å². The number of rotatable bonds is 6. The van der Waals surface area contributed by atoms with E-state index in [2.05, 4.69) is 5.32 Å². The minimum absolute atomic E-state index is 0.221. The maximum Gasteiger partial charge on any atom is 0.329 e. The molecule has 0 saturated heterocycles. The molecule has 1 atom stereocenters. The normalized spacial score (nSPS) is 13.1. The number of hydrogen-bond donors (Lipinski definition) is 2. The van der Waals surface area contributed by atoms with Gasteiger partial charge in [0, 0.05) is 12.0 Å². The third kappa shape index (κ3) is 3.45. The molecule has 1 amide bonds. The van der Waals surface area contributed by atoms with Crippen molar-refractivity contribution in [2.24, 2.45) is 0 Å². The Labute approximate surface area is 152 Å². The molecule has 0 aliphatic heterocycles. The fraction of sp³-hybridized carbons (Fsp3) is 0.182. The van der Waals surface area contributed by atoms with Crippen LogP contribution in [-0.4, -0.2) is 22.5 Å². The molecule has 3 aromatic carbocycles. The molecule has 3 rings (SSSR count). The number of benzene rings is 3. The third-order valence-electron chi connectivity index (χ3n) is 4.77. The van der Waals surface area contributed by atoms with Crippen molar-refractivity contribution >= 4 is 22.6 Å². The summed E-state index contributed by atoms with van der Waals surface area (Å²) in [5.74, 6) is -1.41. The predicted molar refractivity (Wildman–Crippen MR) is 102 cm³/mol. The van der Waals surface area contributed by atoms with Crippen LogP contribution in [0.4, 0.5) is 0 Å². The van der Waals surface area contributed by atoms with Crippen LogP contribution in [0.3, 0.4) is 0 Å². The highest BCUT2D eigenvalue weighted by Crippen LogP contribution is 2.25. The molecule has 4 heteroatoms. The number of carbonyl (C=O) groups is 2. The molecule has 26 heavy (non-hydrogen) atoms. The predicted octanol–water partition coefficient (Wildman–Crippen LogP) is 4.05. The average Bonchev–Trinajstić information content (AvgIpc) is 2.68. The number of carboxylic acid groups (broad SMARTS) is 1. The Bertz CT molecular complexity index is 931. The first-order chi connectivity index (χ1) is 12.6. The van der Waals surface area contributed by atoms with Gasteiger partial charge in [0.25, 0.3) is 5.91 Å². The van der Waals surface area contributed by atoms with Crippen molar-refractivity contribution in [3.63, 3.8) is 0 Å². The number of hydrogen-bond acceptors (Lipinski definition) is 2. The van der Waals surface area contributed by atoms with Gasteiger partial charge in [0.05, 0.1) is 0 Å². The molecule has 0 bridgehead atoms. The van der Waals surface area contributed by atoms with Gasteiger partial charge < -0.3 is 10.4 Å². The lowest BCUT2D eigenvalue weighted by Gasteiger charge is -2.30. The van der Waals surface area contributed by atoms with E-state index in [-0.39, 0.29) is 18.7 Å². The van der Waals surface area contributed by atoms with E-state index in [9.17, 15) is 14.7 Å².